The fourth-order valence-electron chi connectivity index (χ4n) is 3.02. The Kier molecular flexibility index (Phi) is 7.29. The van der Waals surface area contributed by atoms with E-state index in [2.05, 4.69) is 31.0 Å². The Labute approximate surface area is 118 Å². The second kappa shape index (κ2) is 8.20. The normalized spacial score (nSPS) is 24.6. The molecule has 0 aromatic heterocycles. The molecule has 2 unspecified atom stereocenters. The molecule has 0 radical (unpaired) electrons. The van der Waals surface area contributed by atoms with Crippen molar-refractivity contribution in [3.63, 3.8) is 0 Å². The van der Waals surface area contributed by atoms with Gasteiger partial charge in [0.05, 0.1) is 13.2 Å². The largest absolute Gasteiger partial charge is 0.394 e. The Hall–Kier alpha value is -0.160. The monoisotopic (exact) mass is 272 g/mol. The average Bonchev–Trinajstić information content (AvgIpc) is 2.37. The zero-order valence-corrected chi connectivity index (χ0v) is 13.1. The quantitative estimate of drug-likeness (QED) is 0.702. The minimum absolute atomic E-state index is 0.164. The van der Waals surface area contributed by atoms with Crippen molar-refractivity contribution in [2.75, 3.05) is 40.0 Å². The van der Waals surface area contributed by atoms with Crippen molar-refractivity contribution in [3.05, 3.63) is 0 Å². The minimum atomic E-state index is -0.164. The Morgan fingerprint density at radius 3 is 2.79 bits per heavy atom. The van der Waals surface area contributed by atoms with Gasteiger partial charge in [0.2, 0.25) is 0 Å². The van der Waals surface area contributed by atoms with Crippen molar-refractivity contribution < 1.29 is 9.84 Å². The van der Waals surface area contributed by atoms with Crippen molar-refractivity contribution in [2.24, 2.45) is 5.92 Å². The zero-order valence-electron chi connectivity index (χ0n) is 13.1. The summed E-state index contributed by atoms with van der Waals surface area (Å²) in [5.41, 5.74) is -0.164. The van der Waals surface area contributed by atoms with Crippen molar-refractivity contribution in [1.29, 1.82) is 0 Å². The third-order valence-electron chi connectivity index (χ3n) is 3.97. The van der Waals surface area contributed by atoms with Gasteiger partial charge >= 0.3 is 0 Å². The van der Waals surface area contributed by atoms with E-state index in [1.807, 2.05) is 0 Å². The Morgan fingerprint density at radius 2 is 2.21 bits per heavy atom. The van der Waals surface area contributed by atoms with Gasteiger partial charge in [0.15, 0.2) is 0 Å². The maximum absolute atomic E-state index is 9.60. The summed E-state index contributed by atoms with van der Waals surface area (Å²) >= 11 is 0. The summed E-state index contributed by atoms with van der Waals surface area (Å²) in [6.45, 7) is 10.8. The molecule has 2 N–H and O–H groups in total. The summed E-state index contributed by atoms with van der Waals surface area (Å²) in [6.07, 6.45) is 3.54. The second-order valence-electron chi connectivity index (χ2n) is 6.53. The van der Waals surface area contributed by atoms with Crippen molar-refractivity contribution in [3.8, 4) is 0 Å². The van der Waals surface area contributed by atoms with Crippen LogP contribution in [-0.4, -0.2) is 61.5 Å². The number of rotatable bonds is 8. The predicted octanol–water partition coefficient (Wildman–Crippen LogP) is 1.48. The first-order valence-corrected chi connectivity index (χ1v) is 7.59. The molecule has 0 saturated carbocycles. The molecule has 0 amide bonds. The van der Waals surface area contributed by atoms with Crippen molar-refractivity contribution in [1.82, 2.24) is 10.2 Å². The Bertz CT molecular complexity index is 246. The standard InChI is InChI=1S/C15H32N2O2/c1-13(2)16-15(3,12-18)7-9-17-8-5-6-14(10-17)11-19-4/h13-14,16,18H,5-12H2,1-4H3. The van der Waals surface area contributed by atoms with Gasteiger partial charge < -0.3 is 20.1 Å². The Balaban J connectivity index is 2.37. The van der Waals surface area contributed by atoms with E-state index in [9.17, 15) is 5.11 Å². The smallest absolute Gasteiger partial charge is 0.0611 e. The summed E-state index contributed by atoms with van der Waals surface area (Å²) in [5.74, 6) is 0.678. The number of ether oxygens (including phenoxy) is 1. The van der Waals surface area contributed by atoms with E-state index in [4.69, 9.17) is 4.74 Å². The van der Waals surface area contributed by atoms with Gasteiger partial charge in [-0.2, -0.15) is 0 Å². The van der Waals surface area contributed by atoms with Crippen LogP contribution in [0.1, 0.15) is 40.0 Å². The lowest BCUT2D eigenvalue weighted by Gasteiger charge is -2.37. The predicted molar refractivity (Wildman–Crippen MR) is 79.4 cm³/mol. The van der Waals surface area contributed by atoms with E-state index in [1.165, 1.54) is 19.4 Å². The molecule has 19 heavy (non-hydrogen) atoms. The highest BCUT2D eigenvalue weighted by Gasteiger charge is 2.26. The Morgan fingerprint density at radius 1 is 1.47 bits per heavy atom. The molecule has 0 aliphatic carbocycles. The fourth-order valence-corrected chi connectivity index (χ4v) is 3.02. The first-order chi connectivity index (χ1) is 8.99. The molecular weight excluding hydrogens is 240 g/mol. The maximum Gasteiger partial charge on any atom is 0.0611 e. The van der Waals surface area contributed by atoms with Crippen LogP contribution in [0.2, 0.25) is 0 Å². The van der Waals surface area contributed by atoms with E-state index in [0.29, 0.717) is 12.0 Å². The van der Waals surface area contributed by atoms with E-state index in [0.717, 1.165) is 26.1 Å². The second-order valence-corrected chi connectivity index (χ2v) is 6.53. The molecule has 0 aromatic carbocycles. The number of nitrogens with one attached hydrogen (secondary N) is 1. The lowest BCUT2D eigenvalue weighted by molar-refractivity contribution is 0.0785. The zero-order chi connectivity index (χ0) is 14.3. The number of aliphatic hydroxyl groups is 1. The summed E-state index contributed by atoms with van der Waals surface area (Å²) in [7, 11) is 1.79. The van der Waals surface area contributed by atoms with E-state index >= 15 is 0 Å². The minimum Gasteiger partial charge on any atom is -0.394 e. The molecule has 0 spiro atoms. The van der Waals surface area contributed by atoms with Gasteiger partial charge in [-0.25, -0.2) is 0 Å². The van der Waals surface area contributed by atoms with Gasteiger partial charge in [-0.3, -0.25) is 0 Å². The molecular formula is C15H32N2O2. The molecule has 4 heteroatoms. The summed E-state index contributed by atoms with van der Waals surface area (Å²) in [6, 6.07) is 0.403. The van der Waals surface area contributed by atoms with Crippen LogP contribution >= 0.6 is 0 Å². The molecule has 1 aliphatic heterocycles. The van der Waals surface area contributed by atoms with Gasteiger partial charge in [-0.1, -0.05) is 13.8 Å². The average molecular weight is 272 g/mol. The number of likely N-dealkylation sites (tertiary alicyclic amines) is 1. The molecule has 1 fully saturated rings. The van der Waals surface area contributed by atoms with Crippen LogP contribution in [0.15, 0.2) is 0 Å². The van der Waals surface area contributed by atoms with Gasteiger partial charge in [-0.05, 0) is 45.2 Å². The number of methoxy groups -OCH3 is 1. The molecule has 4 nitrogen and oxygen atoms in total. The lowest BCUT2D eigenvalue weighted by atomic mass is 9.95. The molecule has 1 heterocycles. The van der Waals surface area contributed by atoms with Crippen LogP contribution in [0.25, 0.3) is 0 Å². The van der Waals surface area contributed by atoms with Gasteiger partial charge in [-0.15, -0.1) is 0 Å². The number of hydrogen-bond acceptors (Lipinski definition) is 4. The fraction of sp³-hybridized carbons (Fsp3) is 1.00. The van der Waals surface area contributed by atoms with Crippen molar-refractivity contribution in [2.45, 2.75) is 51.6 Å². The van der Waals surface area contributed by atoms with Crippen LogP contribution in [0.3, 0.4) is 0 Å². The summed E-state index contributed by atoms with van der Waals surface area (Å²) in [4.78, 5) is 2.52. The lowest BCUT2D eigenvalue weighted by Crippen LogP contribution is -2.51. The first kappa shape index (κ1) is 16.9. The van der Waals surface area contributed by atoms with Crippen molar-refractivity contribution >= 4 is 0 Å². The van der Waals surface area contributed by atoms with Gasteiger partial charge in [0.1, 0.15) is 0 Å². The highest BCUT2D eigenvalue weighted by Crippen LogP contribution is 2.19. The molecule has 114 valence electrons. The molecule has 1 saturated heterocycles. The summed E-state index contributed by atoms with van der Waals surface area (Å²) < 4.78 is 5.27. The topological polar surface area (TPSA) is 44.7 Å². The van der Waals surface area contributed by atoms with Crippen LogP contribution in [0.4, 0.5) is 0 Å². The third kappa shape index (κ3) is 6.21. The summed E-state index contributed by atoms with van der Waals surface area (Å²) in [5, 5.41) is 13.1. The van der Waals surface area contributed by atoms with Gasteiger partial charge in [0.25, 0.3) is 0 Å². The molecule has 0 aromatic rings. The molecule has 0 bridgehead atoms. The SMILES string of the molecule is COCC1CCCN(CCC(C)(CO)NC(C)C)C1. The number of nitrogens with zero attached hydrogens (tertiary/aromatic N) is 1. The van der Waals surface area contributed by atoms with E-state index < -0.39 is 0 Å². The van der Waals surface area contributed by atoms with E-state index in [1.54, 1.807) is 7.11 Å². The first-order valence-electron chi connectivity index (χ1n) is 7.59. The van der Waals surface area contributed by atoms with Crippen LogP contribution < -0.4 is 5.32 Å². The maximum atomic E-state index is 9.60. The number of piperidine rings is 1. The number of aliphatic hydroxyl groups excluding tert-OH is 1. The third-order valence-corrected chi connectivity index (χ3v) is 3.97. The van der Waals surface area contributed by atoms with Crippen LogP contribution in [-0.2, 0) is 4.74 Å². The molecule has 1 rings (SSSR count). The molecule has 1 aliphatic rings. The highest BCUT2D eigenvalue weighted by molar-refractivity contribution is 4.86. The highest BCUT2D eigenvalue weighted by atomic mass is 16.5. The van der Waals surface area contributed by atoms with Crippen LogP contribution in [0, 0.1) is 5.92 Å². The van der Waals surface area contributed by atoms with Crippen LogP contribution in [0.5, 0.6) is 0 Å². The number of hydrogen-bond donors (Lipinski definition) is 2. The van der Waals surface area contributed by atoms with E-state index in [-0.39, 0.29) is 12.1 Å². The van der Waals surface area contributed by atoms with Gasteiger partial charge in [0, 0.05) is 25.2 Å². The molecule has 2 atom stereocenters.